The van der Waals surface area contributed by atoms with Crippen molar-refractivity contribution in [3.05, 3.63) is 0 Å². The van der Waals surface area contributed by atoms with E-state index in [-0.39, 0.29) is 0 Å². The molecular weight excluding hydrogens is 210 g/mol. The van der Waals surface area contributed by atoms with Gasteiger partial charge in [-0.25, -0.2) is 0 Å². The topological polar surface area (TPSA) is 12.0 Å². The summed E-state index contributed by atoms with van der Waals surface area (Å²) in [7, 11) is -0.888. The van der Waals surface area contributed by atoms with Gasteiger partial charge in [0.1, 0.15) is 0 Å². The summed E-state index contributed by atoms with van der Waals surface area (Å²) in [6.07, 6.45) is 7.25. The summed E-state index contributed by atoms with van der Waals surface area (Å²) in [5, 5.41) is 3.66. The Kier molecular flexibility index (Phi) is 6.05. The second kappa shape index (κ2) is 6.80. The molecule has 1 atom stereocenters. The van der Waals surface area contributed by atoms with Crippen molar-refractivity contribution in [2.45, 2.75) is 64.7 Å². The SMILES string of the molecule is CCCNCC(C[Si](C)(C)C)C1CCCC1. The summed E-state index contributed by atoms with van der Waals surface area (Å²) in [6.45, 7) is 12.3. The quantitative estimate of drug-likeness (QED) is 0.522. The van der Waals surface area contributed by atoms with Crippen molar-refractivity contribution in [3.63, 3.8) is 0 Å². The van der Waals surface area contributed by atoms with E-state index in [1.807, 2.05) is 0 Å². The second-order valence-corrected chi connectivity index (χ2v) is 12.3. The third-order valence-corrected chi connectivity index (χ3v) is 5.52. The largest absolute Gasteiger partial charge is 0.316 e. The Morgan fingerprint density at radius 1 is 1.19 bits per heavy atom. The first kappa shape index (κ1) is 14.2. The predicted octanol–water partition coefficient (Wildman–Crippen LogP) is 4.13. The van der Waals surface area contributed by atoms with Crippen LogP contribution in [0.2, 0.25) is 25.7 Å². The Bertz CT molecular complexity index is 180. The number of rotatable bonds is 7. The van der Waals surface area contributed by atoms with Crippen molar-refractivity contribution in [3.8, 4) is 0 Å². The van der Waals surface area contributed by atoms with E-state index in [1.165, 1.54) is 51.2 Å². The molecule has 1 saturated carbocycles. The molecule has 0 aromatic carbocycles. The van der Waals surface area contributed by atoms with Gasteiger partial charge in [-0.1, -0.05) is 58.3 Å². The molecule has 0 heterocycles. The zero-order valence-electron chi connectivity index (χ0n) is 11.8. The Labute approximate surface area is 103 Å². The van der Waals surface area contributed by atoms with Crippen LogP contribution in [0.5, 0.6) is 0 Å². The van der Waals surface area contributed by atoms with Gasteiger partial charge in [-0.2, -0.15) is 0 Å². The fourth-order valence-corrected chi connectivity index (χ4v) is 5.14. The third-order valence-electron chi connectivity index (χ3n) is 3.77. The molecule has 0 aliphatic heterocycles. The predicted molar refractivity (Wildman–Crippen MR) is 76.8 cm³/mol. The third kappa shape index (κ3) is 5.49. The zero-order chi connectivity index (χ0) is 12.0. The van der Waals surface area contributed by atoms with Gasteiger partial charge in [0.15, 0.2) is 0 Å². The van der Waals surface area contributed by atoms with E-state index in [1.54, 1.807) is 0 Å². The average Bonchev–Trinajstić information content (AvgIpc) is 2.67. The van der Waals surface area contributed by atoms with E-state index in [4.69, 9.17) is 0 Å². The Morgan fingerprint density at radius 2 is 1.81 bits per heavy atom. The van der Waals surface area contributed by atoms with E-state index < -0.39 is 8.07 Å². The van der Waals surface area contributed by atoms with E-state index in [0.29, 0.717) is 0 Å². The Hall–Kier alpha value is 0.177. The molecule has 1 aliphatic carbocycles. The average molecular weight is 241 g/mol. The highest BCUT2D eigenvalue weighted by Gasteiger charge is 2.28. The summed E-state index contributed by atoms with van der Waals surface area (Å²) >= 11 is 0. The maximum Gasteiger partial charge on any atom is 0.0446 e. The minimum atomic E-state index is -0.888. The van der Waals surface area contributed by atoms with Crippen molar-refractivity contribution in [2.24, 2.45) is 11.8 Å². The molecule has 1 fully saturated rings. The van der Waals surface area contributed by atoms with Gasteiger partial charge < -0.3 is 5.32 Å². The lowest BCUT2D eigenvalue weighted by Crippen LogP contribution is -2.34. The van der Waals surface area contributed by atoms with Crippen molar-refractivity contribution in [2.75, 3.05) is 13.1 Å². The summed E-state index contributed by atoms with van der Waals surface area (Å²) < 4.78 is 0. The molecule has 0 spiro atoms. The van der Waals surface area contributed by atoms with E-state index in [9.17, 15) is 0 Å². The van der Waals surface area contributed by atoms with Crippen molar-refractivity contribution >= 4 is 8.07 Å². The highest BCUT2D eigenvalue weighted by atomic mass is 28.3. The second-order valence-electron chi connectivity index (χ2n) is 6.77. The van der Waals surface area contributed by atoms with E-state index in [2.05, 4.69) is 31.9 Å². The van der Waals surface area contributed by atoms with Crippen LogP contribution < -0.4 is 5.32 Å². The summed E-state index contributed by atoms with van der Waals surface area (Å²) in [4.78, 5) is 0. The van der Waals surface area contributed by atoms with Gasteiger partial charge in [-0.3, -0.25) is 0 Å². The molecule has 1 N–H and O–H groups in total. The number of hydrogen-bond acceptors (Lipinski definition) is 1. The summed E-state index contributed by atoms with van der Waals surface area (Å²) in [6, 6.07) is 1.52. The Balaban J connectivity index is 2.40. The summed E-state index contributed by atoms with van der Waals surface area (Å²) in [5.41, 5.74) is 0. The fraction of sp³-hybridized carbons (Fsp3) is 1.00. The maximum atomic E-state index is 3.66. The monoisotopic (exact) mass is 241 g/mol. The highest BCUT2D eigenvalue weighted by Crippen LogP contribution is 2.35. The lowest BCUT2D eigenvalue weighted by atomic mass is 9.92. The van der Waals surface area contributed by atoms with Gasteiger partial charge in [-0.15, -0.1) is 0 Å². The van der Waals surface area contributed by atoms with Crippen LogP contribution in [0, 0.1) is 11.8 Å². The minimum absolute atomic E-state index is 0.888. The molecule has 1 aliphatic rings. The Morgan fingerprint density at radius 3 is 2.31 bits per heavy atom. The van der Waals surface area contributed by atoms with Crippen LogP contribution >= 0.6 is 0 Å². The van der Waals surface area contributed by atoms with Crippen LogP contribution in [-0.4, -0.2) is 21.2 Å². The molecule has 0 saturated heterocycles. The van der Waals surface area contributed by atoms with Gasteiger partial charge in [0.25, 0.3) is 0 Å². The highest BCUT2D eigenvalue weighted by molar-refractivity contribution is 6.76. The molecule has 0 aromatic heterocycles. The minimum Gasteiger partial charge on any atom is -0.316 e. The van der Waals surface area contributed by atoms with Crippen molar-refractivity contribution in [1.82, 2.24) is 5.32 Å². The zero-order valence-corrected chi connectivity index (χ0v) is 12.8. The molecule has 0 aromatic rings. The normalized spacial score (nSPS) is 20.2. The lowest BCUT2D eigenvalue weighted by Gasteiger charge is -2.29. The molecule has 1 rings (SSSR count). The number of hydrogen-bond donors (Lipinski definition) is 1. The van der Waals surface area contributed by atoms with E-state index >= 15 is 0 Å². The van der Waals surface area contributed by atoms with Crippen LogP contribution in [-0.2, 0) is 0 Å². The van der Waals surface area contributed by atoms with Gasteiger partial charge in [0.2, 0.25) is 0 Å². The van der Waals surface area contributed by atoms with Gasteiger partial charge in [0, 0.05) is 8.07 Å². The first-order chi connectivity index (χ1) is 7.53. The van der Waals surface area contributed by atoms with Crippen LogP contribution in [0.4, 0.5) is 0 Å². The van der Waals surface area contributed by atoms with Crippen LogP contribution in [0.25, 0.3) is 0 Å². The van der Waals surface area contributed by atoms with E-state index in [0.717, 1.165) is 11.8 Å². The molecule has 1 nitrogen and oxygen atoms in total. The molecule has 0 amide bonds. The number of nitrogens with one attached hydrogen (secondary N) is 1. The standard InChI is InChI=1S/C14H31NSi/c1-5-10-15-11-14(12-16(2,3)4)13-8-6-7-9-13/h13-15H,5-12H2,1-4H3. The molecule has 2 heteroatoms. The van der Waals surface area contributed by atoms with Gasteiger partial charge in [0.05, 0.1) is 0 Å². The smallest absolute Gasteiger partial charge is 0.0446 e. The molecule has 0 bridgehead atoms. The lowest BCUT2D eigenvalue weighted by molar-refractivity contribution is 0.346. The van der Waals surface area contributed by atoms with Gasteiger partial charge in [-0.05, 0) is 31.3 Å². The fourth-order valence-electron chi connectivity index (χ4n) is 3.09. The van der Waals surface area contributed by atoms with Crippen molar-refractivity contribution in [1.29, 1.82) is 0 Å². The molecular formula is C14H31NSi. The van der Waals surface area contributed by atoms with Crippen LogP contribution in [0.3, 0.4) is 0 Å². The maximum absolute atomic E-state index is 3.66. The molecule has 0 radical (unpaired) electrons. The summed E-state index contributed by atoms with van der Waals surface area (Å²) in [5.74, 6) is 2.01. The van der Waals surface area contributed by atoms with Crippen LogP contribution in [0.15, 0.2) is 0 Å². The molecule has 1 unspecified atom stereocenters. The van der Waals surface area contributed by atoms with Crippen LogP contribution in [0.1, 0.15) is 39.0 Å². The molecule has 16 heavy (non-hydrogen) atoms. The first-order valence-electron chi connectivity index (χ1n) is 7.23. The van der Waals surface area contributed by atoms with Gasteiger partial charge >= 0.3 is 0 Å². The molecule has 96 valence electrons. The first-order valence-corrected chi connectivity index (χ1v) is 10.9. The van der Waals surface area contributed by atoms with Crippen molar-refractivity contribution < 1.29 is 0 Å².